The highest BCUT2D eigenvalue weighted by atomic mass is 16.2. The maximum atomic E-state index is 12.2. The SMILES string of the molecule is Cc1ccccc1C(=O)NCC(=O)Nc1ccc(-c2cn3c(n2)CCCC3)cc1. The van der Waals surface area contributed by atoms with Crippen molar-refractivity contribution in [1.29, 1.82) is 0 Å². The van der Waals surface area contributed by atoms with E-state index in [0.29, 0.717) is 11.3 Å². The first-order valence-corrected chi connectivity index (χ1v) is 9.90. The Bertz CT molecular complexity index is 1010. The number of hydrogen-bond acceptors (Lipinski definition) is 3. The molecule has 6 nitrogen and oxygen atoms in total. The molecule has 0 aliphatic carbocycles. The van der Waals surface area contributed by atoms with Gasteiger partial charge in [-0.05, 0) is 43.5 Å². The number of nitrogens with one attached hydrogen (secondary N) is 2. The molecule has 2 aromatic carbocycles. The molecule has 1 aromatic heterocycles. The van der Waals surface area contributed by atoms with Crippen molar-refractivity contribution < 1.29 is 9.59 Å². The van der Waals surface area contributed by atoms with Gasteiger partial charge in [-0.3, -0.25) is 9.59 Å². The first-order chi connectivity index (χ1) is 14.1. The average molecular weight is 388 g/mol. The monoisotopic (exact) mass is 388 g/mol. The normalized spacial score (nSPS) is 12.9. The molecule has 1 aliphatic rings. The van der Waals surface area contributed by atoms with Crippen molar-refractivity contribution in [3.05, 3.63) is 71.7 Å². The van der Waals surface area contributed by atoms with Gasteiger partial charge in [0.25, 0.3) is 5.91 Å². The molecule has 0 saturated carbocycles. The van der Waals surface area contributed by atoms with E-state index in [9.17, 15) is 9.59 Å². The number of anilines is 1. The minimum absolute atomic E-state index is 0.0807. The first kappa shape index (κ1) is 18.9. The zero-order chi connectivity index (χ0) is 20.2. The lowest BCUT2D eigenvalue weighted by Gasteiger charge is -2.11. The number of fused-ring (bicyclic) bond motifs is 1. The summed E-state index contributed by atoms with van der Waals surface area (Å²) in [5, 5.41) is 5.47. The number of rotatable bonds is 5. The van der Waals surface area contributed by atoms with Gasteiger partial charge in [-0.15, -0.1) is 0 Å². The Labute approximate surface area is 170 Å². The molecule has 2 heterocycles. The molecule has 0 fully saturated rings. The van der Waals surface area contributed by atoms with E-state index in [1.165, 1.54) is 12.8 Å². The molecule has 1 aliphatic heterocycles. The molecule has 0 unspecified atom stereocenters. The van der Waals surface area contributed by atoms with E-state index in [2.05, 4.69) is 21.4 Å². The standard InChI is InChI=1S/C23H24N4O2/c1-16-6-2-3-7-19(16)23(29)24-14-22(28)25-18-11-9-17(10-12-18)20-15-27-13-5-4-8-21(27)26-20/h2-3,6-7,9-12,15H,4-5,8,13-14H2,1H3,(H,24,29)(H,25,28). The Kier molecular flexibility index (Phi) is 5.42. The number of amides is 2. The van der Waals surface area contributed by atoms with Gasteiger partial charge in [0.15, 0.2) is 0 Å². The third kappa shape index (κ3) is 4.37. The summed E-state index contributed by atoms with van der Waals surface area (Å²) in [6, 6.07) is 14.9. The largest absolute Gasteiger partial charge is 0.343 e. The molecule has 0 atom stereocenters. The first-order valence-electron chi connectivity index (χ1n) is 9.90. The number of benzene rings is 2. The van der Waals surface area contributed by atoms with E-state index >= 15 is 0 Å². The van der Waals surface area contributed by atoms with Crippen LogP contribution in [0.3, 0.4) is 0 Å². The quantitative estimate of drug-likeness (QED) is 0.702. The highest BCUT2D eigenvalue weighted by molar-refractivity contribution is 6.00. The predicted molar refractivity (Wildman–Crippen MR) is 113 cm³/mol. The summed E-state index contributed by atoms with van der Waals surface area (Å²) in [6.45, 7) is 2.82. The molecule has 3 aromatic rings. The Hall–Kier alpha value is -3.41. The fraction of sp³-hybridized carbons (Fsp3) is 0.261. The van der Waals surface area contributed by atoms with E-state index in [-0.39, 0.29) is 18.4 Å². The van der Waals surface area contributed by atoms with Crippen molar-refractivity contribution in [2.75, 3.05) is 11.9 Å². The molecule has 29 heavy (non-hydrogen) atoms. The summed E-state index contributed by atoms with van der Waals surface area (Å²) in [5.74, 6) is 0.627. The molecule has 2 N–H and O–H groups in total. The highest BCUT2D eigenvalue weighted by Gasteiger charge is 2.14. The fourth-order valence-corrected chi connectivity index (χ4v) is 3.56. The smallest absolute Gasteiger partial charge is 0.251 e. The zero-order valence-electron chi connectivity index (χ0n) is 16.4. The molecule has 0 saturated heterocycles. The van der Waals surface area contributed by atoms with Gasteiger partial charge < -0.3 is 15.2 Å². The second kappa shape index (κ2) is 8.31. The van der Waals surface area contributed by atoms with Crippen molar-refractivity contribution in [3.8, 4) is 11.3 Å². The summed E-state index contributed by atoms with van der Waals surface area (Å²) >= 11 is 0. The van der Waals surface area contributed by atoms with Gasteiger partial charge in [0.2, 0.25) is 5.91 Å². The fourth-order valence-electron chi connectivity index (χ4n) is 3.56. The van der Waals surface area contributed by atoms with Crippen molar-refractivity contribution in [3.63, 3.8) is 0 Å². The van der Waals surface area contributed by atoms with Gasteiger partial charge in [0, 0.05) is 36.0 Å². The summed E-state index contributed by atoms with van der Waals surface area (Å²) in [5.41, 5.74) is 4.13. The number of nitrogens with zero attached hydrogens (tertiary/aromatic N) is 2. The molecule has 148 valence electrons. The summed E-state index contributed by atoms with van der Waals surface area (Å²) < 4.78 is 2.23. The van der Waals surface area contributed by atoms with Crippen molar-refractivity contribution >= 4 is 17.5 Å². The van der Waals surface area contributed by atoms with E-state index in [1.54, 1.807) is 12.1 Å². The van der Waals surface area contributed by atoms with Crippen molar-refractivity contribution in [2.24, 2.45) is 0 Å². The number of carbonyl (C=O) groups excluding carboxylic acids is 2. The number of carbonyl (C=O) groups is 2. The van der Waals surface area contributed by atoms with Gasteiger partial charge in [-0.1, -0.05) is 30.3 Å². The minimum Gasteiger partial charge on any atom is -0.343 e. The molecular weight excluding hydrogens is 364 g/mol. The third-order valence-electron chi connectivity index (χ3n) is 5.17. The van der Waals surface area contributed by atoms with Crippen LogP contribution in [0.4, 0.5) is 5.69 Å². The van der Waals surface area contributed by atoms with Crippen LogP contribution in [0.5, 0.6) is 0 Å². The second-order valence-electron chi connectivity index (χ2n) is 7.32. The number of aromatic nitrogens is 2. The molecule has 6 heteroatoms. The molecule has 0 radical (unpaired) electrons. The second-order valence-corrected chi connectivity index (χ2v) is 7.32. The minimum atomic E-state index is -0.267. The van der Waals surface area contributed by atoms with Crippen LogP contribution >= 0.6 is 0 Å². The lowest BCUT2D eigenvalue weighted by atomic mass is 10.1. The van der Waals surface area contributed by atoms with Crippen LogP contribution in [0.25, 0.3) is 11.3 Å². The number of aryl methyl sites for hydroxylation is 3. The van der Waals surface area contributed by atoms with Crippen LogP contribution in [-0.4, -0.2) is 27.9 Å². The number of imidazole rings is 1. The Balaban J connectivity index is 1.34. The van der Waals surface area contributed by atoms with Gasteiger partial charge in [-0.25, -0.2) is 4.98 Å². The Morgan fingerprint density at radius 1 is 1.07 bits per heavy atom. The molecular formula is C23H24N4O2. The molecule has 4 rings (SSSR count). The molecule has 0 spiro atoms. The average Bonchev–Trinajstić information content (AvgIpc) is 3.17. The highest BCUT2D eigenvalue weighted by Crippen LogP contribution is 2.23. The number of hydrogen-bond donors (Lipinski definition) is 2. The summed E-state index contributed by atoms with van der Waals surface area (Å²) in [6.07, 6.45) is 5.53. The maximum absolute atomic E-state index is 12.2. The van der Waals surface area contributed by atoms with Crippen LogP contribution in [0, 0.1) is 6.92 Å². The van der Waals surface area contributed by atoms with Gasteiger partial charge in [-0.2, -0.15) is 0 Å². The van der Waals surface area contributed by atoms with E-state index in [1.807, 2.05) is 43.3 Å². The predicted octanol–water partition coefficient (Wildman–Crippen LogP) is 3.56. The van der Waals surface area contributed by atoms with Crippen LogP contribution in [0.15, 0.2) is 54.7 Å². The lowest BCUT2D eigenvalue weighted by molar-refractivity contribution is -0.115. The third-order valence-corrected chi connectivity index (χ3v) is 5.17. The zero-order valence-corrected chi connectivity index (χ0v) is 16.4. The summed E-state index contributed by atoms with van der Waals surface area (Å²) in [7, 11) is 0. The van der Waals surface area contributed by atoms with Crippen LogP contribution < -0.4 is 10.6 Å². The molecule has 0 bridgehead atoms. The van der Waals surface area contributed by atoms with Crippen molar-refractivity contribution in [1.82, 2.24) is 14.9 Å². The van der Waals surface area contributed by atoms with Gasteiger partial charge >= 0.3 is 0 Å². The van der Waals surface area contributed by atoms with Crippen LogP contribution in [0.1, 0.15) is 34.6 Å². The van der Waals surface area contributed by atoms with E-state index < -0.39 is 0 Å². The topological polar surface area (TPSA) is 76.0 Å². The van der Waals surface area contributed by atoms with Gasteiger partial charge in [0.05, 0.1) is 12.2 Å². The lowest BCUT2D eigenvalue weighted by Crippen LogP contribution is -2.33. The Morgan fingerprint density at radius 3 is 2.62 bits per heavy atom. The van der Waals surface area contributed by atoms with Crippen molar-refractivity contribution in [2.45, 2.75) is 32.7 Å². The maximum Gasteiger partial charge on any atom is 0.251 e. The van der Waals surface area contributed by atoms with E-state index in [4.69, 9.17) is 4.98 Å². The van der Waals surface area contributed by atoms with Gasteiger partial charge in [0.1, 0.15) is 5.82 Å². The van der Waals surface area contributed by atoms with Crippen LogP contribution in [0.2, 0.25) is 0 Å². The van der Waals surface area contributed by atoms with Crippen LogP contribution in [-0.2, 0) is 17.8 Å². The summed E-state index contributed by atoms with van der Waals surface area (Å²) in [4.78, 5) is 29.1. The Morgan fingerprint density at radius 2 is 1.86 bits per heavy atom. The van der Waals surface area contributed by atoms with E-state index in [0.717, 1.165) is 35.6 Å². The molecule has 2 amide bonds.